The standard InChI is InChI=1S/C25H36N2O.2ClH/c1-20(27(2)23-18-12-13-19-24(23)28-3)25(21-14-8-7-9-15-21)26-22-16-10-5-4-6-11-17-22;;/h7-9,12-15,18-20,22,25-26H,4-6,10-11,16-17H2,1-3H3;2*1H/t20-,25-;;/m0../s1. The molecule has 2 aromatic rings. The molecule has 2 aromatic carbocycles. The van der Waals surface area contributed by atoms with E-state index in [9.17, 15) is 0 Å². The predicted molar refractivity (Wildman–Crippen MR) is 134 cm³/mol. The van der Waals surface area contributed by atoms with E-state index in [4.69, 9.17) is 4.74 Å². The van der Waals surface area contributed by atoms with Gasteiger partial charge in [0, 0.05) is 19.1 Å². The third kappa shape index (κ3) is 7.08. The van der Waals surface area contributed by atoms with Crippen molar-refractivity contribution >= 4 is 30.5 Å². The van der Waals surface area contributed by atoms with Crippen molar-refractivity contribution in [2.24, 2.45) is 0 Å². The molecular weight excluding hydrogens is 415 g/mol. The Morgan fingerprint density at radius 1 is 0.867 bits per heavy atom. The van der Waals surface area contributed by atoms with Crippen molar-refractivity contribution in [1.82, 2.24) is 5.32 Å². The maximum absolute atomic E-state index is 5.62. The first-order valence-corrected chi connectivity index (χ1v) is 10.9. The van der Waals surface area contributed by atoms with E-state index in [1.165, 1.54) is 50.5 Å². The van der Waals surface area contributed by atoms with Gasteiger partial charge < -0.3 is 15.0 Å². The van der Waals surface area contributed by atoms with Gasteiger partial charge in [0.1, 0.15) is 5.75 Å². The van der Waals surface area contributed by atoms with Crippen molar-refractivity contribution in [1.29, 1.82) is 0 Å². The molecule has 1 N–H and O–H groups in total. The highest BCUT2D eigenvalue weighted by atomic mass is 35.5. The quantitative estimate of drug-likeness (QED) is 0.499. The highest BCUT2D eigenvalue weighted by Gasteiger charge is 2.27. The van der Waals surface area contributed by atoms with Gasteiger partial charge in [-0.2, -0.15) is 0 Å². The molecule has 1 aliphatic rings. The molecule has 0 bridgehead atoms. The largest absolute Gasteiger partial charge is 0.495 e. The van der Waals surface area contributed by atoms with Gasteiger partial charge in [0.25, 0.3) is 0 Å². The highest BCUT2D eigenvalue weighted by molar-refractivity contribution is 5.85. The SMILES string of the molecule is COc1ccccc1N(C)[C@@H](C)[C@H](NC1CCCCCCC1)c1ccccc1.Cl.Cl. The van der Waals surface area contributed by atoms with Crippen LogP contribution >= 0.6 is 24.8 Å². The molecule has 168 valence electrons. The van der Waals surface area contributed by atoms with Crippen molar-refractivity contribution in [2.45, 2.75) is 70.0 Å². The van der Waals surface area contributed by atoms with E-state index < -0.39 is 0 Å². The summed E-state index contributed by atoms with van der Waals surface area (Å²) in [6, 6.07) is 20.4. The minimum absolute atomic E-state index is 0. The van der Waals surface area contributed by atoms with Crippen molar-refractivity contribution in [2.75, 3.05) is 19.1 Å². The van der Waals surface area contributed by atoms with Crippen LogP contribution in [-0.4, -0.2) is 26.2 Å². The molecule has 0 heterocycles. The molecule has 0 aliphatic heterocycles. The molecule has 0 spiro atoms. The van der Waals surface area contributed by atoms with E-state index in [2.05, 4.69) is 66.7 Å². The lowest BCUT2D eigenvalue weighted by molar-refractivity contribution is 0.329. The zero-order chi connectivity index (χ0) is 19.8. The van der Waals surface area contributed by atoms with Crippen LogP contribution in [0.5, 0.6) is 5.75 Å². The normalized spacial score (nSPS) is 16.8. The third-order valence-electron chi connectivity index (χ3n) is 6.24. The van der Waals surface area contributed by atoms with Gasteiger partial charge in [-0.1, -0.05) is 74.6 Å². The average Bonchev–Trinajstić information content (AvgIpc) is 2.72. The first kappa shape index (κ1) is 26.6. The zero-order valence-electron chi connectivity index (χ0n) is 18.5. The summed E-state index contributed by atoms with van der Waals surface area (Å²) in [5.74, 6) is 0.926. The van der Waals surface area contributed by atoms with E-state index in [-0.39, 0.29) is 30.9 Å². The molecule has 1 aliphatic carbocycles. The third-order valence-corrected chi connectivity index (χ3v) is 6.24. The summed E-state index contributed by atoms with van der Waals surface area (Å²) in [5.41, 5.74) is 2.50. The fraction of sp³-hybridized carbons (Fsp3) is 0.520. The van der Waals surface area contributed by atoms with Crippen LogP contribution in [0, 0.1) is 0 Å². The van der Waals surface area contributed by atoms with Crippen LogP contribution in [0.4, 0.5) is 5.69 Å². The Morgan fingerprint density at radius 3 is 2.07 bits per heavy atom. The van der Waals surface area contributed by atoms with Gasteiger partial charge in [-0.25, -0.2) is 0 Å². The minimum atomic E-state index is 0. The summed E-state index contributed by atoms with van der Waals surface area (Å²) in [7, 11) is 3.93. The van der Waals surface area contributed by atoms with Gasteiger partial charge >= 0.3 is 0 Å². The summed E-state index contributed by atoms with van der Waals surface area (Å²) in [4.78, 5) is 2.35. The summed E-state index contributed by atoms with van der Waals surface area (Å²) in [6.07, 6.45) is 9.42. The molecule has 0 saturated heterocycles. The number of hydrogen-bond acceptors (Lipinski definition) is 3. The fourth-order valence-corrected chi connectivity index (χ4v) is 4.42. The first-order valence-electron chi connectivity index (χ1n) is 10.9. The molecule has 1 fully saturated rings. The molecule has 2 atom stereocenters. The van der Waals surface area contributed by atoms with Gasteiger partial charge in [-0.3, -0.25) is 0 Å². The maximum atomic E-state index is 5.62. The number of halogens is 2. The van der Waals surface area contributed by atoms with E-state index >= 15 is 0 Å². The Morgan fingerprint density at radius 2 is 1.43 bits per heavy atom. The van der Waals surface area contributed by atoms with Gasteiger partial charge in [0.2, 0.25) is 0 Å². The Kier molecular flexibility index (Phi) is 12.2. The second kappa shape index (κ2) is 13.8. The van der Waals surface area contributed by atoms with Crippen LogP contribution in [0.2, 0.25) is 0 Å². The van der Waals surface area contributed by atoms with Crippen LogP contribution in [0.15, 0.2) is 54.6 Å². The molecule has 0 amide bonds. The van der Waals surface area contributed by atoms with E-state index in [1.807, 2.05) is 12.1 Å². The predicted octanol–water partition coefficient (Wildman–Crippen LogP) is 6.81. The Hall–Kier alpha value is -1.42. The summed E-state index contributed by atoms with van der Waals surface area (Å²) >= 11 is 0. The lowest BCUT2D eigenvalue weighted by Crippen LogP contribution is -2.45. The van der Waals surface area contributed by atoms with Crippen molar-refractivity contribution in [3.63, 3.8) is 0 Å². The minimum Gasteiger partial charge on any atom is -0.495 e. The number of nitrogens with zero attached hydrogens (tertiary/aromatic N) is 1. The van der Waals surface area contributed by atoms with Crippen molar-refractivity contribution in [3.8, 4) is 5.75 Å². The van der Waals surface area contributed by atoms with Crippen LogP contribution in [-0.2, 0) is 0 Å². The Balaban J connectivity index is 0.00000225. The van der Waals surface area contributed by atoms with Gasteiger partial charge in [-0.05, 0) is 37.5 Å². The number of nitrogens with one attached hydrogen (secondary N) is 1. The Bertz CT molecular complexity index is 705. The zero-order valence-corrected chi connectivity index (χ0v) is 20.2. The summed E-state index contributed by atoms with van der Waals surface area (Å²) in [5, 5.41) is 4.05. The molecule has 3 rings (SSSR count). The van der Waals surface area contributed by atoms with E-state index in [0.717, 1.165) is 11.4 Å². The van der Waals surface area contributed by atoms with Crippen LogP contribution in [0.3, 0.4) is 0 Å². The number of hydrogen-bond donors (Lipinski definition) is 1. The highest BCUT2D eigenvalue weighted by Crippen LogP contribution is 2.32. The van der Waals surface area contributed by atoms with Gasteiger partial charge in [0.15, 0.2) is 0 Å². The number of anilines is 1. The number of likely N-dealkylation sites (N-methyl/N-ethyl adjacent to an activating group) is 1. The van der Waals surface area contributed by atoms with Crippen LogP contribution < -0.4 is 15.0 Å². The second-order valence-electron chi connectivity index (χ2n) is 8.12. The molecule has 0 radical (unpaired) electrons. The van der Waals surface area contributed by atoms with E-state index in [0.29, 0.717) is 12.1 Å². The fourth-order valence-electron chi connectivity index (χ4n) is 4.42. The van der Waals surface area contributed by atoms with Crippen molar-refractivity contribution in [3.05, 3.63) is 60.2 Å². The molecule has 0 aromatic heterocycles. The monoisotopic (exact) mass is 452 g/mol. The average molecular weight is 453 g/mol. The van der Waals surface area contributed by atoms with Crippen molar-refractivity contribution < 1.29 is 4.74 Å². The number of ether oxygens (including phenoxy) is 1. The number of methoxy groups -OCH3 is 1. The van der Waals surface area contributed by atoms with Gasteiger partial charge in [0.05, 0.1) is 18.8 Å². The molecule has 5 heteroatoms. The topological polar surface area (TPSA) is 24.5 Å². The van der Waals surface area contributed by atoms with Crippen LogP contribution in [0.1, 0.15) is 63.5 Å². The number of benzene rings is 2. The molecule has 0 unspecified atom stereocenters. The maximum Gasteiger partial charge on any atom is 0.142 e. The second-order valence-corrected chi connectivity index (χ2v) is 8.12. The summed E-state index contributed by atoms with van der Waals surface area (Å²) < 4.78 is 5.62. The first-order chi connectivity index (χ1) is 13.7. The van der Waals surface area contributed by atoms with Gasteiger partial charge in [-0.15, -0.1) is 24.8 Å². The lowest BCUT2D eigenvalue weighted by Gasteiger charge is -2.37. The smallest absolute Gasteiger partial charge is 0.142 e. The molecule has 1 saturated carbocycles. The van der Waals surface area contributed by atoms with Crippen LogP contribution in [0.25, 0.3) is 0 Å². The Labute approximate surface area is 195 Å². The number of rotatable bonds is 7. The lowest BCUT2D eigenvalue weighted by atomic mass is 9.93. The molecule has 3 nitrogen and oxygen atoms in total. The molecule has 30 heavy (non-hydrogen) atoms. The van der Waals surface area contributed by atoms with E-state index in [1.54, 1.807) is 7.11 Å². The summed E-state index contributed by atoms with van der Waals surface area (Å²) in [6.45, 7) is 2.32. The number of para-hydroxylation sites is 2. The molecular formula is C25H38Cl2N2O.